The fraction of sp³-hybridized carbons (Fsp3) is 0.529. The number of amides is 3. The molecule has 0 radical (unpaired) electrons. The molecule has 126 valence electrons. The van der Waals surface area contributed by atoms with Gasteiger partial charge < -0.3 is 20.7 Å². The van der Waals surface area contributed by atoms with Crippen LogP contribution in [0.5, 0.6) is 5.75 Å². The van der Waals surface area contributed by atoms with Crippen molar-refractivity contribution in [3.8, 4) is 5.75 Å². The van der Waals surface area contributed by atoms with Gasteiger partial charge in [-0.15, -0.1) is 0 Å². The zero-order valence-electron chi connectivity index (χ0n) is 13.6. The molecule has 1 aromatic carbocycles. The first-order valence-electron chi connectivity index (χ1n) is 8.11. The topological polar surface area (TPSA) is 79.5 Å². The van der Waals surface area contributed by atoms with Crippen LogP contribution in [-0.4, -0.2) is 31.6 Å². The lowest BCUT2D eigenvalue weighted by Gasteiger charge is -2.22. The van der Waals surface area contributed by atoms with E-state index in [4.69, 9.17) is 4.74 Å². The van der Waals surface area contributed by atoms with Crippen LogP contribution in [0.25, 0.3) is 0 Å². The van der Waals surface area contributed by atoms with Crippen molar-refractivity contribution in [1.29, 1.82) is 0 Å². The molecular formula is C17H25N3O3. The van der Waals surface area contributed by atoms with Crippen molar-refractivity contribution in [2.45, 2.75) is 44.7 Å². The average Bonchev–Trinajstić information content (AvgIpc) is 2.59. The van der Waals surface area contributed by atoms with Gasteiger partial charge in [-0.2, -0.15) is 0 Å². The Morgan fingerprint density at radius 1 is 1.09 bits per heavy atom. The monoisotopic (exact) mass is 319 g/mol. The summed E-state index contributed by atoms with van der Waals surface area (Å²) in [6.07, 6.45) is 5.61. The van der Waals surface area contributed by atoms with Gasteiger partial charge >= 0.3 is 6.03 Å². The van der Waals surface area contributed by atoms with Gasteiger partial charge in [-0.1, -0.05) is 31.4 Å². The number of methoxy groups -OCH3 is 1. The quantitative estimate of drug-likeness (QED) is 0.750. The van der Waals surface area contributed by atoms with E-state index in [-0.39, 0.29) is 24.5 Å². The molecule has 0 saturated heterocycles. The van der Waals surface area contributed by atoms with E-state index in [1.165, 1.54) is 6.42 Å². The molecule has 0 bridgehead atoms. The van der Waals surface area contributed by atoms with Crippen LogP contribution in [0.4, 0.5) is 4.79 Å². The molecule has 1 aliphatic rings. The van der Waals surface area contributed by atoms with Gasteiger partial charge in [0.15, 0.2) is 0 Å². The summed E-state index contributed by atoms with van der Waals surface area (Å²) in [5.41, 5.74) is 0.978. The zero-order chi connectivity index (χ0) is 16.5. The second kappa shape index (κ2) is 9.02. The Morgan fingerprint density at radius 3 is 2.43 bits per heavy atom. The van der Waals surface area contributed by atoms with Crippen LogP contribution in [0.1, 0.15) is 37.7 Å². The first kappa shape index (κ1) is 17.1. The molecule has 1 saturated carbocycles. The molecule has 6 heteroatoms. The number of hydrogen-bond acceptors (Lipinski definition) is 3. The molecule has 2 rings (SSSR count). The molecular weight excluding hydrogens is 294 g/mol. The maximum absolute atomic E-state index is 11.8. The SMILES string of the molecule is COc1ccc(CNC(=O)CNC(=O)NC2CCCCC2)cc1. The number of rotatable bonds is 6. The summed E-state index contributed by atoms with van der Waals surface area (Å²) in [6.45, 7) is 0.406. The Kier molecular flexibility index (Phi) is 6.72. The lowest BCUT2D eigenvalue weighted by molar-refractivity contribution is -0.120. The summed E-state index contributed by atoms with van der Waals surface area (Å²) in [5.74, 6) is 0.570. The van der Waals surface area contributed by atoms with E-state index in [1.54, 1.807) is 7.11 Å². The summed E-state index contributed by atoms with van der Waals surface area (Å²) in [4.78, 5) is 23.5. The van der Waals surface area contributed by atoms with Gasteiger partial charge in [-0.25, -0.2) is 4.79 Å². The van der Waals surface area contributed by atoms with Crippen molar-refractivity contribution < 1.29 is 14.3 Å². The standard InChI is InChI=1S/C17H25N3O3/c1-23-15-9-7-13(8-10-15)11-18-16(21)12-19-17(22)20-14-5-3-2-4-6-14/h7-10,14H,2-6,11-12H2,1H3,(H,18,21)(H2,19,20,22). The molecule has 1 aromatic rings. The molecule has 0 atom stereocenters. The average molecular weight is 319 g/mol. The van der Waals surface area contributed by atoms with Gasteiger partial charge in [0.1, 0.15) is 5.75 Å². The van der Waals surface area contributed by atoms with Crippen LogP contribution in [0.3, 0.4) is 0 Å². The summed E-state index contributed by atoms with van der Waals surface area (Å²) in [6, 6.07) is 7.45. The Bertz CT molecular complexity index is 510. The Labute approximate surface area is 137 Å². The van der Waals surface area contributed by atoms with Crippen molar-refractivity contribution in [2.24, 2.45) is 0 Å². The predicted molar refractivity (Wildman–Crippen MR) is 88.2 cm³/mol. The number of ether oxygens (including phenoxy) is 1. The van der Waals surface area contributed by atoms with E-state index < -0.39 is 0 Å². The van der Waals surface area contributed by atoms with E-state index in [9.17, 15) is 9.59 Å². The van der Waals surface area contributed by atoms with Crippen LogP contribution in [0, 0.1) is 0 Å². The predicted octanol–water partition coefficient (Wildman–Crippen LogP) is 1.94. The fourth-order valence-electron chi connectivity index (χ4n) is 2.65. The molecule has 0 aliphatic heterocycles. The Morgan fingerprint density at radius 2 is 1.78 bits per heavy atom. The highest BCUT2D eigenvalue weighted by molar-refractivity contribution is 5.83. The third kappa shape index (κ3) is 6.18. The normalized spacial score (nSPS) is 14.8. The third-order valence-electron chi connectivity index (χ3n) is 4.00. The van der Waals surface area contributed by atoms with E-state index >= 15 is 0 Å². The number of urea groups is 1. The van der Waals surface area contributed by atoms with Crippen molar-refractivity contribution in [1.82, 2.24) is 16.0 Å². The minimum Gasteiger partial charge on any atom is -0.497 e. The number of nitrogens with one attached hydrogen (secondary N) is 3. The minimum absolute atomic E-state index is 0.0191. The van der Waals surface area contributed by atoms with Crippen LogP contribution in [0.15, 0.2) is 24.3 Å². The zero-order valence-corrected chi connectivity index (χ0v) is 13.6. The summed E-state index contributed by atoms with van der Waals surface area (Å²) < 4.78 is 5.08. The number of hydrogen-bond donors (Lipinski definition) is 3. The van der Waals surface area contributed by atoms with Gasteiger partial charge in [-0.3, -0.25) is 4.79 Å². The summed E-state index contributed by atoms with van der Waals surface area (Å²) in [7, 11) is 1.61. The van der Waals surface area contributed by atoms with E-state index in [1.807, 2.05) is 24.3 Å². The van der Waals surface area contributed by atoms with Crippen molar-refractivity contribution in [2.75, 3.05) is 13.7 Å². The van der Waals surface area contributed by atoms with E-state index in [2.05, 4.69) is 16.0 Å². The van der Waals surface area contributed by atoms with Crippen LogP contribution in [0.2, 0.25) is 0 Å². The lowest BCUT2D eigenvalue weighted by atomic mass is 9.96. The molecule has 1 aliphatic carbocycles. The molecule has 3 amide bonds. The van der Waals surface area contributed by atoms with Gasteiger partial charge in [0, 0.05) is 12.6 Å². The molecule has 6 nitrogen and oxygen atoms in total. The largest absolute Gasteiger partial charge is 0.497 e. The minimum atomic E-state index is -0.267. The van der Waals surface area contributed by atoms with Crippen LogP contribution >= 0.6 is 0 Å². The summed E-state index contributed by atoms with van der Waals surface area (Å²) >= 11 is 0. The summed E-state index contributed by atoms with van der Waals surface area (Å²) in [5, 5.41) is 8.29. The first-order valence-corrected chi connectivity index (χ1v) is 8.11. The van der Waals surface area contributed by atoms with E-state index in [0.29, 0.717) is 6.54 Å². The first-order chi connectivity index (χ1) is 11.2. The van der Waals surface area contributed by atoms with Gasteiger partial charge in [0.05, 0.1) is 13.7 Å². The second-order valence-electron chi connectivity index (χ2n) is 5.79. The highest BCUT2D eigenvalue weighted by Gasteiger charge is 2.15. The Balaban J connectivity index is 1.62. The highest BCUT2D eigenvalue weighted by atomic mass is 16.5. The molecule has 3 N–H and O–H groups in total. The fourth-order valence-corrected chi connectivity index (χ4v) is 2.65. The Hall–Kier alpha value is -2.24. The molecule has 0 heterocycles. The second-order valence-corrected chi connectivity index (χ2v) is 5.79. The maximum atomic E-state index is 11.8. The van der Waals surface area contributed by atoms with Gasteiger partial charge in [0.25, 0.3) is 0 Å². The van der Waals surface area contributed by atoms with Crippen LogP contribution < -0.4 is 20.7 Å². The number of carbonyl (C=O) groups is 2. The smallest absolute Gasteiger partial charge is 0.315 e. The van der Waals surface area contributed by atoms with Crippen molar-refractivity contribution >= 4 is 11.9 Å². The molecule has 0 aromatic heterocycles. The van der Waals surface area contributed by atoms with Crippen molar-refractivity contribution in [3.05, 3.63) is 29.8 Å². The van der Waals surface area contributed by atoms with Crippen molar-refractivity contribution in [3.63, 3.8) is 0 Å². The number of carbonyl (C=O) groups excluding carboxylic acids is 2. The molecule has 1 fully saturated rings. The molecule has 0 spiro atoms. The lowest BCUT2D eigenvalue weighted by Crippen LogP contribution is -2.46. The van der Waals surface area contributed by atoms with E-state index in [0.717, 1.165) is 37.0 Å². The third-order valence-corrected chi connectivity index (χ3v) is 4.00. The van der Waals surface area contributed by atoms with Gasteiger partial charge in [-0.05, 0) is 30.5 Å². The van der Waals surface area contributed by atoms with Gasteiger partial charge in [0.2, 0.25) is 5.91 Å². The van der Waals surface area contributed by atoms with Crippen LogP contribution in [-0.2, 0) is 11.3 Å². The molecule has 23 heavy (non-hydrogen) atoms. The number of benzene rings is 1. The highest BCUT2D eigenvalue weighted by Crippen LogP contribution is 2.17. The molecule has 0 unspecified atom stereocenters. The maximum Gasteiger partial charge on any atom is 0.315 e.